The summed E-state index contributed by atoms with van der Waals surface area (Å²) >= 11 is 0. The molecule has 2 aliphatic rings. The molecule has 0 aromatic heterocycles. The van der Waals surface area contributed by atoms with Gasteiger partial charge in [0.2, 0.25) is 10.0 Å². The van der Waals surface area contributed by atoms with E-state index in [0.717, 1.165) is 25.7 Å². The van der Waals surface area contributed by atoms with Gasteiger partial charge in [-0.3, -0.25) is 4.79 Å². The number of rotatable bonds is 4. The van der Waals surface area contributed by atoms with Crippen LogP contribution in [0.1, 0.15) is 62.2 Å². The number of hydrogen-bond donors (Lipinski definition) is 0. The fourth-order valence-electron chi connectivity index (χ4n) is 3.98. The topological polar surface area (TPSA) is 57.7 Å². The lowest BCUT2D eigenvalue weighted by Gasteiger charge is -2.31. The van der Waals surface area contributed by atoms with Crippen LogP contribution in [-0.4, -0.2) is 49.7 Å². The molecule has 5 nitrogen and oxygen atoms in total. The average Bonchev–Trinajstić information content (AvgIpc) is 2.68. The maximum atomic E-state index is 12.8. The molecule has 0 unspecified atom stereocenters. The van der Waals surface area contributed by atoms with Gasteiger partial charge in [0.15, 0.2) is 0 Å². The van der Waals surface area contributed by atoms with E-state index < -0.39 is 10.0 Å². The van der Waals surface area contributed by atoms with Crippen molar-refractivity contribution in [2.45, 2.75) is 62.8 Å². The lowest BCUT2D eigenvalue weighted by atomic mass is 9.94. The third kappa shape index (κ3) is 4.12. The van der Waals surface area contributed by atoms with E-state index in [0.29, 0.717) is 30.6 Å². The quantitative estimate of drug-likeness (QED) is 0.805. The molecule has 144 valence electrons. The summed E-state index contributed by atoms with van der Waals surface area (Å²) in [5, 5.41) is 0. The molecule has 6 heteroatoms. The highest BCUT2D eigenvalue weighted by atomic mass is 32.2. The second-order valence-electron chi connectivity index (χ2n) is 7.82. The average molecular weight is 379 g/mol. The highest BCUT2D eigenvalue weighted by Gasteiger charge is 2.28. The first kappa shape index (κ1) is 19.4. The first-order valence-electron chi connectivity index (χ1n) is 9.77. The fraction of sp³-hybridized carbons (Fsp3) is 0.650. The number of piperidine rings is 1. The monoisotopic (exact) mass is 378 g/mol. The van der Waals surface area contributed by atoms with E-state index in [4.69, 9.17) is 0 Å². The standard InChI is InChI=1S/C20H30N2O3S/c1-16-12-14-22(15-13-16)26(24,25)19-10-8-17(9-11-19)20(23)21(2)18-6-4-3-5-7-18/h8-11,16,18H,3-7,12-15H2,1-2H3. The third-order valence-corrected chi connectivity index (χ3v) is 7.84. The van der Waals surface area contributed by atoms with Gasteiger partial charge in [0.1, 0.15) is 0 Å². The van der Waals surface area contributed by atoms with Crippen molar-refractivity contribution >= 4 is 15.9 Å². The first-order valence-corrected chi connectivity index (χ1v) is 11.2. The number of nitrogens with zero attached hydrogens (tertiary/aromatic N) is 2. The van der Waals surface area contributed by atoms with Gasteiger partial charge in [0.25, 0.3) is 5.91 Å². The van der Waals surface area contributed by atoms with Gasteiger partial charge in [-0.25, -0.2) is 8.42 Å². The summed E-state index contributed by atoms with van der Waals surface area (Å²) in [5.41, 5.74) is 0.560. The van der Waals surface area contributed by atoms with Crippen LogP contribution < -0.4 is 0 Å². The second-order valence-corrected chi connectivity index (χ2v) is 9.76. The molecule has 3 rings (SSSR count). The lowest BCUT2D eigenvalue weighted by molar-refractivity contribution is 0.0696. The summed E-state index contributed by atoms with van der Waals surface area (Å²) in [4.78, 5) is 14.8. The Kier molecular flexibility index (Phi) is 6.03. The summed E-state index contributed by atoms with van der Waals surface area (Å²) in [5.74, 6) is 0.560. The SMILES string of the molecule is CC1CCN(S(=O)(=O)c2ccc(C(=O)N(C)C3CCCCC3)cc2)CC1. The van der Waals surface area contributed by atoms with Gasteiger partial charge >= 0.3 is 0 Å². The zero-order chi connectivity index (χ0) is 18.7. The number of benzene rings is 1. The Morgan fingerprint density at radius 3 is 2.15 bits per heavy atom. The molecule has 1 aromatic carbocycles. The molecule has 1 aliphatic carbocycles. The Morgan fingerprint density at radius 1 is 1.00 bits per heavy atom. The van der Waals surface area contributed by atoms with Crippen LogP contribution in [0.4, 0.5) is 0 Å². The summed E-state index contributed by atoms with van der Waals surface area (Å²) in [6.45, 7) is 3.32. The highest BCUT2D eigenvalue weighted by Crippen LogP contribution is 2.25. The van der Waals surface area contributed by atoms with Gasteiger partial charge < -0.3 is 4.90 Å². The van der Waals surface area contributed by atoms with Crippen molar-refractivity contribution in [3.8, 4) is 0 Å². The molecule has 2 fully saturated rings. The number of carbonyl (C=O) groups is 1. The van der Waals surface area contributed by atoms with Crippen LogP contribution in [0.2, 0.25) is 0 Å². The number of sulfonamides is 1. The molecular formula is C20H30N2O3S. The predicted octanol–water partition coefficient (Wildman–Crippen LogP) is 3.51. The Bertz CT molecular complexity index is 716. The van der Waals surface area contributed by atoms with Crippen LogP contribution in [0.25, 0.3) is 0 Å². The van der Waals surface area contributed by atoms with E-state index >= 15 is 0 Å². The van der Waals surface area contributed by atoms with Crippen LogP contribution in [0.5, 0.6) is 0 Å². The van der Waals surface area contributed by atoms with E-state index in [2.05, 4.69) is 6.92 Å². The fourth-order valence-corrected chi connectivity index (χ4v) is 5.45. The van der Waals surface area contributed by atoms with Crippen molar-refractivity contribution in [3.63, 3.8) is 0 Å². The van der Waals surface area contributed by atoms with Crippen LogP contribution >= 0.6 is 0 Å². The normalized spacial score (nSPS) is 20.8. The van der Waals surface area contributed by atoms with Crippen molar-refractivity contribution in [2.24, 2.45) is 5.92 Å². The minimum atomic E-state index is -3.46. The van der Waals surface area contributed by atoms with Gasteiger partial charge in [-0.2, -0.15) is 4.31 Å². The van der Waals surface area contributed by atoms with E-state index in [1.807, 2.05) is 11.9 Å². The van der Waals surface area contributed by atoms with Crippen LogP contribution in [0, 0.1) is 5.92 Å². The number of hydrogen-bond acceptors (Lipinski definition) is 3. The van der Waals surface area contributed by atoms with Gasteiger partial charge in [-0.05, 0) is 55.9 Å². The first-order chi connectivity index (χ1) is 12.4. The highest BCUT2D eigenvalue weighted by molar-refractivity contribution is 7.89. The van der Waals surface area contributed by atoms with E-state index in [-0.39, 0.29) is 10.8 Å². The zero-order valence-electron chi connectivity index (χ0n) is 15.9. The molecule has 0 atom stereocenters. The molecule has 0 N–H and O–H groups in total. The molecule has 1 amide bonds. The van der Waals surface area contributed by atoms with Gasteiger partial charge in [0.05, 0.1) is 4.90 Å². The van der Waals surface area contributed by atoms with Crippen LogP contribution in [-0.2, 0) is 10.0 Å². The molecule has 1 saturated heterocycles. The largest absolute Gasteiger partial charge is 0.339 e. The van der Waals surface area contributed by atoms with Crippen molar-refractivity contribution in [1.82, 2.24) is 9.21 Å². The summed E-state index contributed by atoms with van der Waals surface area (Å²) in [6, 6.07) is 6.77. The van der Waals surface area contributed by atoms with Gasteiger partial charge in [0, 0.05) is 31.7 Å². The summed E-state index contributed by atoms with van der Waals surface area (Å²) in [7, 11) is -1.60. The molecule has 1 saturated carbocycles. The molecule has 1 aromatic rings. The Morgan fingerprint density at radius 2 is 1.58 bits per heavy atom. The van der Waals surface area contributed by atoms with Crippen LogP contribution in [0.15, 0.2) is 29.2 Å². The minimum absolute atomic E-state index is 0.0207. The Hall–Kier alpha value is -1.40. The molecule has 1 aliphatic heterocycles. The summed E-state index contributed by atoms with van der Waals surface area (Å²) in [6.07, 6.45) is 7.52. The van der Waals surface area contributed by atoms with Crippen molar-refractivity contribution in [1.29, 1.82) is 0 Å². The number of carbonyl (C=O) groups excluding carboxylic acids is 1. The smallest absolute Gasteiger partial charge is 0.253 e. The molecule has 0 radical (unpaired) electrons. The zero-order valence-corrected chi connectivity index (χ0v) is 16.7. The van der Waals surface area contributed by atoms with Crippen LogP contribution in [0.3, 0.4) is 0 Å². The van der Waals surface area contributed by atoms with Gasteiger partial charge in [-0.1, -0.05) is 26.2 Å². The maximum Gasteiger partial charge on any atom is 0.253 e. The van der Waals surface area contributed by atoms with E-state index in [1.54, 1.807) is 28.6 Å². The molecular weight excluding hydrogens is 348 g/mol. The summed E-state index contributed by atoms with van der Waals surface area (Å²) < 4.78 is 27.1. The van der Waals surface area contributed by atoms with Crippen molar-refractivity contribution in [3.05, 3.63) is 29.8 Å². The second kappa shape index (κ2) is 8.09. The minimum Gasteiger partial charge on any atom is -0.339 e. The lowest BCUT2D eigenvalue weighted by Crippen LogP contribution is -2.38. The Labute approximate surface area is 157 Å². The molecule has 1 heterocycles. The van der Waals surface area contributed by atoms with E-state index in [9.17, 15) is 13.2 Å². The maximum absolute atomic E-state index is 12.8. The van der Waals surface area contributed by atoms with Gasteiger partial charge in [-0.15, -0.1) is 0 Å². The number of amides is 1. The third-order valence-electron chi connectivity index (χ3n) is 5.92. The molecule has 0 bridgehead atoms. The van der Waals surface area contributed by atoms with E-state index in [1.165, 1.54) is 19.3 Å². The van der Waals surface area contributed by atoms with Crippen molar-refractivity contribution < 1.29 is 13.2 Å². The molecule has 26 heavy (non-hydrogen) atoms. The predicted molar refractivity (Wildman–Crippen MR) is 103 cm³/mol. The van der Waals surface area contributed by atoms with Crippen molar-refractivity contribution in [2.75, 3.05) is 20.1 Å². The Balaban J connectivity index is 1.70. The molecule has 0 spiro atoms.